The van der Waals surface area contributed by atoms with Crippen molar-refractivity contribution in [2.75, 3.05) is 0 Å². The molecule has 0 unspecified atom stereocenters. The lowest BCUT2D eigenvalue weighted by Gasteiger charge is -2.18. The Kier molecular flexibility index (Phi) is 3.19. The van der Waals surface area contributed by atoms with Gasteiger partial charge in [-0.2, -0.15) is 0 Å². The van der Waals surface area contributed by atoms with E-state index in [-0.39, 0.29) is 0 Å². The summed E-state index contributed by atoms with van der Waals surface area (Å²) in [5, 5.41) is 25.2. The molecule has 0 amide bonds. The highest BCUT2D eigenvalue weighted by molar-refractivity contribution is 5.88. The Labute approximate surface area is 81.9 Å². The van der Waals surface area contributed by atoms with Gasteiger partial charge in [-0.1, -0.05) is 0 Å². The molecule has 0 atom stereocenters. The number of carboxylic acids is 1. The molecule has 0 aromatic carbocycles. The minimum atomic E-state index is -2.61. The van der Waals surface area contributed by atoms with Crippen molar-refractivity contribution in [2.45, 2.75) is 18.4 Å². The predicted octanol–water partition coefficient (Wildman–Crippen LogP) is -1.54. The molecule has 9 heteroatoms. The summed E-state index contributed by atoms with van der Waals surface area (Å²) < 4.78 is 0. The highest BCUT2D eigenvalue weighted by atomic mass is 17.7. The topological polar surface area (TPSA) is 129 Å². The molecule has 0 radical (unpaired) electrons. The largest absolute Gasteiger partial charge is 0.479 e. The summed E-state index contributed by atoms with van der Waals surface area (Å²) in [6, 6.07) is 0. The first-order valence-electron chi connectivity index (χ1n) is 3.63. The number of carbonyl (C=O) groups is 3. The number of aliphatic carboxylic acids is 1. The number of hydrogen-bond acceptors (Lipinski definition) is 8. The van der Waals surface area contributed by atoms with Crippen LogP contribution in [0.15, 0.2) is 0 Å². The van der Waals surface area contributed by atoms with Gasteiger partial charge in [0.05, 0.1) is 12.8 Å². The second-order valence-corrected chi connectivity index (χ2v) is 2.74. The van der Waals surface area contributed by atoms with Crippen LogP contribution in [-0.4, -0.2) is 33.7 Å². The molecule has 0 bridgehead atoms. The molecule has 1 fully saturated rings. The van der Waals surface area contributed by atoms with Crippen molar-refractivity contribution >= 4 is 17.9 Å². The summed E-state index contributed by atoms with van der Waals surface area (Å²) >= 11 is 0. The van der Waals surface area contributed by atoms with Crippen LogP contribution < -0.4 is 0 Å². The minimum Gasteiger partial charge on any atom is -0.479 e. The number of carbonyl (C=O) groups excluding carboxylic acids is 2. The molecule has 1 aliphatic heterocycles. The zero-order valence-electron chi connectivity index (χ0n) is 7.17. The Hall–Kier alpha value is -1.71. The molecular weight excluding hydrogens is 216 g/mol. The standard InChI is InChI=1S/C6H6O9/c7-3-1-6(11,5(9)10)2-4(8)13-15-14-12-3/h11H,1-2H2,(H,9,10). The Balaban J connectivity index is 2.85. The van der Waals surface area contributed by atoms with Crippen molar-refractivity contribution < 1.29 is 44.4 Å². The zero-order valence-corrected chi connectivity index (χ0v) is 7.17. The molecule has 9 nitrogen and oxygen atoms in total. The van der Waals surface area contributed by atoms with Crippen molar-refractivity contribution in [3.8, 4) is 0 Å². The van der Waals surface area contributed by atoms with Gasteiger partial charge in [-0.05, 0) is 0 Å². The number of rotatable bonds is 1. The molecule has 0 aliphatic carbocycles. The van der Waals surface area contributed by atoms with Gasteiger partial charge in [0.25, 0.3) is 0 Å². The third kappa shape index (κ3) is 2.87. The second-order valence-electron chi connectivity index (χ2n) is 2.74. The van der Waals surface area contributed by atoms with Crippen LogP contribution in [0.2, 0.25) is 0 Å². The normalized spacial score (nSPS) is 21.7. The van der Waals surface area contributed by atoms with E-state index in [1.165, 1.54) is 0 Å². The fourth-order valence-electron chi connectivity index (χ4n) is 0.854. The van der Waals surface area contributed by atoms with Gasteiger partial charge >= 0.3 is 17.9 Å². The van der Waals surface area contributed by atoms with Crippen LogP contribution in [-0.2, 0) is 34.2 Å². The van der Waals surface area contributed by atoms with E-state index in [9.17, 15) is 19.5 Å². The van der Waals surface area contributed by atoms with Crippen molar-refractivity contribution in [2.24, 2.45) is 0 Å². The summed E-state index contributed by atoms with van der Waals surface area (Å²) in [6.07, 6.45) is -1.94. The van der Waals surface area contributed by atoms with Crippen LogP contribution in [0.3, 0.4) is 0 Å². The summed E-state index contributed by atoms with van der Waals surface area (Å²) in [7, 11) is 0. The highest BCUT2D eigenvalue weighted by Crippen LogP contribution is 2.19. The van der Waals surface area contributed by atoms with Crippen molar-refractivity contribution in [3.63, 3.8) is 0 Å². The monoisotopic (exact) mass is 222 g/mol. The number of aliphatic hydroxyl groups is 1. The molecule has 0 aromatic rings. The SMILES string of the molecule is O=C1CC(O)(C(=O)O)CC(=O)OOOO1. The van der Waals surface area contributed by atoms with Gasteiger partial charge in [-0.3, -0.25) is 9.78 Å². The van der Waals surface area contributed by atoms with E-state index in [1.54, 1.807) is 0 Å². The van der Waals surface area contributed by atoms with Crippen LogP contribution in [0.1, 0.15) is 12.8 Å². The molecule has 15 heavy (non-hydrogen) atoms. The fraction of sp³-hybridized carbons (Fsp3) is 0.500. The lowest BCUT2D eigenvalue weighted by Crippen LogP contribution is -2.42. The van der Waals surface area contributed by atoms with Gasteiger partial charge in [0.1, 0.15) is 0 Å². The number of hydrogen-bond donors (Lipinski definition) is 2. The van der Waals surface area contributed by atoms with E-state index >= 15 is 0 Å². The quantitative estimate of drug-likeness (QED) is 0.507. The Morgan fingerprint density at radius 1 is 1.13 bits per heavy atom. The average Bonchev–Trinajstić information content (AvgIpc) is 2.16. The van der Waals surface area contributed by atoms with Crippen molar-refractivity contribution in [1.29, 1.82) is 0 Å². The van der Waals surface area contributed by atoms with Gasteiger partial charge in [-0.25, -0.2) is 14.4 Å². The van der Waals surface area contributed by atoms with E-state index in [0.29, 0.717) is 0 Å². The first-order chi connectivity index (χ1) is 6.94. The Morgan fingerprint density at radius 2 is 1.53 bits per heavy atom. The molecular formula is C6H6O9. The van der Waals surface area contributed by atoms with Crippen molar-refractivity contribution in [3.05, 3.63) is 0 Å². The predicted molar refractivity (Wildman–Crippen MR) is 36.2 cm³/mol. The first kappa shape index (κ1) is 11.4. The van der Waals surface area contributed by atoms with Crippen LogP contribution in [0.5, 0.6) is 0 Å². The van der Waals surface area contributed by atoms with Crippen LogP contribution in [0, 0.1) is 0 Å². The maximum absolute atomic E-state index is 10.8. The summed E-state index contributed by atoms with van der Waals surface area (Å²) in [4.78, 5) is 39.8. The van der Waals surface area contributed by atoms with Gasteiger partial charge in [-0.15, -0.1) is 0 Å². The average molecular weight is 222 g/mol. The van der Waals surface area contributed by atoms with E-state index in [4.69, 9.17) is 5.11 Å². The third-order valence-electron chi connectivity index (χ3n) is 1.55. The maximum atomic E-state index is 10.8. The number of carboxylic acid groups (broad SMARTS) is 1. The Bertz CT molecular complexity index is 275. The summed E-state index contributed by atoms with van der Waals surface area (Å²) in [5.74, 6) is -4.21. The maximum Gasteiger partial charge on any atom is 0.349 e. The van der Waals surface area contributed by atoms with E-state index in [1.807, 2.05) is 0 Å². The van der Waals surface area contributed by atoms with Crippen LogP contribution in [0.4, 0.5) is 0 Å². The zero-order chi connectivity index (χ0) is 11.5. The van der Waals surface area contributed by atoms with E-state index in [0.717, 1.165) is 0 Å². The molecule has 1 aliphatic rings. The third-order valence-corrected chi connectivity index (χ3v) is 1.55. The van der Waals surface area contributed by atoms with Crippen molar-refractivity contribution in [1.82, 2.24) is 0 Å². The van der Waals surface area contributed by atoms with Gasteiger partial charge < -0.3 is 10.2 Å². The van der Waals surface area contributed by atoms with Gasteiger partial charge in [0, 0.05) is 10.1 Å². The molecule has 0 spiro atoms. The van der Waals surface area contributed by atoms with Crippen LogP contribution in [0.25, 0.3) is 0 Å². The Morgan fingerprint density at radius 3 is 1.87 bits per heavy atom. The fourth-order valence-corrected chi connectivity index (χ4v) is 0.854. The molecule has 0 saturated carbocycles. The summed E-state index contributed by atoms with van der Waals surface area (Å²) in [5.41, 5.74) is -2.61. The lowest BCUT2D eigenvalue weighted by atomic mass is 9.96. The molecule has 1 saturated heterocycles. The first-order valence-corrected chi connectivity index (χ1v) is 3.63. The molecule has 2 N–H and O–H groups in total. The lowest BCUT2D eigenvalue weighted by molar-refractivity contribution is -0.599. The summed E-state index contributed by atoms with van der Waals surface area (Å²) in [6.45, 7) is 0. The van der Waals surface area contributed by atoms with Crippen LogP contribution >= 0.6 is 0 Å². The minimum absolute atomic E-state index is 0.971. The van der Waals surface area contributed by atoms with Gasteiger partial charge in [0.2, 0.25) is 0 Å². The smallest absolute Gasteiger partial charge is 0.349 e. The second kappa shape index (κ2) is 4.21. The highest BCUT2D eigenvalue weighted by Gasteiger charge is 2.43. The van der Waals surface area contributed by atoms with E-state index in [2.05, 4.69) is 19.9 Å². The van der Waals surface area contributed by atoms with Gasteiger partial charge in [0.15, 0.2) is 5.60 Å². The van der Waals surface area contributed by atoms with E-state index < -0.39 is 36.4 Å². The molecule has 84 valence electrons. The molecule has 1 heterocycles. The molecule has 1 rings (SSSR count). The molecule has 0 aromatic heterocycles.